The van der Waals surface area contributed by atoms with Crippen LogP contribution in [0.5, 0.6) is 0 Å². The molecule has 4 atom stereocenters. The van der Waals surface area contributed by atoms with Gasteiger partial charge in [0.1, 0.15) is 0 Å². The van der Waals surface area contributed by atoms with Crippen LogP contribution in [0.25, 0.3) is 0 Å². The molecule has 3 aromatic carbocycles. The first kappa shape index (κ1) is 16.5. The largest absolute Gasteiger partial charge is 0.356 e. The van der Waals surface area contributed by atoms with E-state index in [-0.39, 0.29) is 35.7 Å². The summed E-state index contributed by atoms with van der Waals surface area (Å²) in [6.45, 7) is 0.354. The Morgan fingerprint density at radius 1 is 0.621 bits per heavy atom. The van der Waals surface area contributed by atoms with Crippen molar-refractivity contribution < 1.29 is 9.59 Å². The first-order valence-corrected chi connectivity index (χ1v) is 10.1. The lowest BCUT2D eigenvalue weighted by Crippen LogP contribution is -2.35. The highest BCUT2D eigenvalue weighted by molar-refractivity contribution is 6.08. The molecular weight excluding hydrogens is 360 g/mol. The second kappa shape index (κ2) is 6.05. The van der Waals surface area contributed by atoms with Crippen LogP contribution in [0.15, 0.2) is 84.9 Å². The molecule has 6 rings (SSSR count). The van der Waals surface area contributed by atoms with Crippen LogP contribution in [0, 0.1) is 11.8 Å². The van der Waals surface area contributed by atoms with Crippen LogP contribution in [-0.2, 0) is 16.1 Å². The van der Waals surface area contributed by atoms with E-state index in [1.807, 2.05) is 60.7 Å². The highest BCUT2D eigenvalue weighted by atomic mass is 16.2. The number of amides is 2. The van der Waals surface area contributed by atoms with Gasteiger partial charge in [0.05, 0.1) is 30.5 Å². The van der Waals surface area contributed by atoms with Crippen molar-refractivity contribution in [2.75, 3.05) is 4.90 Å². The Morgan fingerprint density at radius 2 is 1.10 bits per heavy atom. The van der Waals surface area contributed by atoms with Crippen LogP contribution in [0.2, 0.25) is 0 Å². The normalized spacial score (nSPS) is 26.8. The molecule has 0 aliphatic carbocycles. The number of hydrogen-bond donors (Lipinski definition) is 0. The molecule has 4 nitrogen and oxygen atoms in total. The molecule has 3 aromatic rings. The summed E-state index contributed by atoms with van der Waals surface area (Å²) in [6, 6.07) is 28.0. The molecule has 2 bridgehead atoms. The summed E-state index contributed by atoms with van der Waals surface area (Å²) in [7, 11) is 0. The Balaban J connectivity index is 1.44. The van der Waals surface area contributed by atoms with E-state index >= 15 is 0 Å². The number of para-hydroxylation sites is 1. The number of carbonyl (C=O) groups excluding carboxylic acids is 2. The maximum atomic E-state index is 13.5. The van der Waals surface area contributed by atoms with Crippen molar-refractivity contribution in [3.8, 4) is 0 Å². The molecule has 0 N–H and O–H groups in total. The summed E-state index contributed by atoms with van der Waals surface area (Å²) in [5, 5.41) is 0. The zero-order chi connectivity index (χ0) is 19.5. The van der Waals surface area contributed by atoms with Gasteiger partial charge >= 0.3 is 0 Å². The number of likely N-dealkylation sites (tertiary alicyclic amines) is 1. The molecule has 3 aliphatic heterocycles. The maximum Gasteiger partial charge on any atom is 0.235 e. The zero-order valence-electron chi connectivity index (χ0n) is 15.8. The lowest BCUT2D eigenvalue weighted by atomic mass is 9.77. The SMILES string of the molecule is O=C1C2C(C(=O)N1Cc1ccccc1)C1c3ccccc3C2N1c1ccccc1. The Bertz CT molecular complexity index is 1060. The Kier molecular flexibility index (Phi) is 3.45. The summed E-state index contributed by atoms with van der Waals surface area (Å²) >= 11 is 0. The predicted octanol–water partition coefficient (Wildman–Crippen LogP) is 4.10. The minimum atomic E-state index is -0.314. The number of fused-ring (bicyclic) bond motifs is 8. The number of hydrogen-bond acceptors (Lipinski definition) is 3. The number of anilines is 1. The average Bonchev–Trinajstić information content (AvgIpc) is 3.37. The van der Waals surface area contributed by atoms with Gasteiger partial charge in [0.2, 0.25) is 11.8 Å². The summed E-state index contributed by atoms with van der Waals surface area (Å²) in [5.41, 5.74) is 4.43. The first-order valence-electron chi connectivity index (χ1n) is 10.1. The molecule has 29 heavy (non-hydrogen) atoms. The topological polar surface area (TPSA) is 40.6 Å². The smallest absolute Gasteiger partial charge is 0.235 e. The van der Waals surface area contributed by atoms with Crippen molar-refractivity contribution in [1.29, 1.82) is 0 Å². The van der Waals surface area contributed by atoms with Crippen molar-refractivity contribution >= 4 is 17.5 Å². The summed E-state index contributed by atoms with van der Waals surface area (Å²) in [4.78, 5) is 30.7. The van der Waals surface area contributed by atoms with E-state index in [1.165, 1.54) is 16.0 Å². The van der Waals surface area contributed by atoms with Gasteiger partial charge in [-0.3, -0.25) is 14.5 Å². The van der Waals surface area contributed by atoms with Gasteiger partial charge in [0, 0.05) is 5.69 Å². The van der Waals surface area contributed by atoms with Crippen LogP contribution >= 0.6 is 0 Å². The number of nitrogens with zero attached hydrogens (tertiary/aromatic N) is 2. The van der Waals surface area contributed by atoms with Gasteiger partial charge in [-0.15, -0.1) is 0 Å². The van der Waals surface area contributed by atoms with E-state index < -0.39 is 0 Å². The zero-order valence-corrected chi connectivity index (χ0v) is 15.8. The first-order chi connectivity index (χ1) is 14.3. The van der Waals surface area contributed by atoms with E-state index in [0.717, 1.165) is 11.3 Å². The third-order valence-electron chi connectivity index (χ3n) is 6.64. The van der Waals surface area contributed by atoms with Gasteiger partial charge in [0.15, 0.2) is 0 Å². The van der Waals surface area contributed by atoms with Gasteiger partial charge in [-0.25, -0.2) is 0 Å². The van der Waals surface area contributed by atoms with Gasteiger partial charge in [-0.1, -0.05) is 72.8 Å². The van der Waals surface area contributed by atoms with E-state index in [1.54, 1.807) is 0 Å². The number of carbonyl (C=O) groups is 2. The van der Waals surface area contributed by atoms with E-state index in [9.17, 15) is 9.59 Å². The lowest BCUT2D eigenvalue weighted by molar-refractivity contribution is -0.141. The Labute approximate surface area is 169 Å². The predicted molar refractivity (Wildman–Crippen MR) is 110 cm³/mol. The maximum absolute atomic E-state index is 13.5. The van der Waals surface area contributed by atoms with Gasteiger partial charge in [0.25, 0.3) is 0 Å². The molecule has 0 spiro atoms. The monoisotopic (exact) mass is 380 g/mol. The number of rotatable bonds is 3. The molecule has 0 saturated carbocycles. The third-order valence-corrected chi connectivity index (χ3v) is 6.64. The molecule has 3 heterocycles. The minimum absolute atomic E-state index is 0.0354. The molecule has 2 amide bonds. The molecule has 3 aliphatic rings. The van der Waals surface area contributed by atoms with Gasteiger partial charge < -0.3 is 4.90 Å². The van der Waals surface area contributed by atoms with Crippen LogP contribution in [0.4, 0.5) is 5.69 Å². The number of benzene rings is 3. The van der Waals surface area contributed by atoms with Crippen LogP contribution in [0.1, 0.15) is 28.8 Å². The minimum Gasteiger partial charge on any atom is -0.356 e. The van der Waals surface area contributed by atoms with Crippen LogP contribution in [0.3, 0.4) is 0 Å². The fraction of sp³-hybridized carbons (Fsp3) is 0.200. The van der Waals surface area contributed by atoms with Crippen molar-refractivity contribution in [3.63, 3.8) is 0 Å². The quantitative estimate of drug-likeness (QED) is 0.642. The van der Waals surface area contributed by atoms with Gasteiger partial charge in [-0.2, -0.15) is 0 Å². The summed E-state index contributed by atoms with van der Waals surface area (Å²) in [5.74, 6) is -0.698. The van der Waals surface area contributed by atoms with Crippen molar-refractivity contribution in [2.24, 2.45) is 11.8 Å². The highest BCUT2D eigenvalue weighted by Gasteiger charge is 2.66. The standard InChI is InChI=1S/C25H20N2O2/c28-24-20-21(25(29)26(24)15-16-9-3-1-4-10-16)23-19-14-8-7-13-18(19)22(20)27(23)17-11-5-2-6-12-17/h1-14,20-23H,15H2. The Hall–Kier alpha value is -3.40. The Morgan fingerprint density at radius 3 is 1.66 bits per heavy atom. The second-order valence-corrected chi connectivity index (χ2v) is 8.06. The summed E-state index contributed by atoms with van der Waals surface area (Å²) in [6.07, 6.45) is 0. The molecular formula is C25H20N2O2. The van der Waals surface area contributed by atoms with Gasteiger partial charge in [-0.05, 0) is 28.8 Å². The molecule has 2 fully saturated rings. The van der Waals surface area contributed by atoms with Crippen molar-refractivity contribution in [3.05, 3.63) is 102 Å². The fourth-order valence-corrected chi connectivity index (χ4v) is 5.54. The van der Waals surface area contributed by atoms with E-state index in [0.29, 0.717) is 6.54 Å². The molecule has 4 heteroatoms. The lowest BCUT2D eigenvalue weighted by Gasteiger charge is -2.28. The number of imide groups is 1. The third kappa shape index (κ3) is 2.20. The highest BCUT2D eigenvalue weighted by Crippen LogP contribution is 2.63. The van der Waals surface area contributed by atoms with Crippen LogP contribution in [-0.4, -0.2) is 16.7 Å². The fourth-order valence-electron chi connectivity index (χ4n) is 5.54. The second-order valence-electron chi connectivity index (χ2n) is 8.06. The molecule has 0 radical (unpaired) electrons. The average molecular weight is 380 g/mol. The molecule has 4 unspecified atom stereocenters. The molecule has 142 valence electrons. The molecule has 2 saturated heterocycles. The van der Waals surface area contributed by atoms with Crippen molar-refractivity contribution in [1.82, 2.24) is 4.90 Å². The molecule has 0 aromatic heterocycles. The van der Waals surface area contributed by atoms with Crippen LogP contribution < -0.4 is 4.90 Å². The van der Waals surface area contributed by atoms with E-state index in [4.69, 9.17) is 0 Å². The summed E-state index contributed by atoms with van der Waals surface area (Å²) < 4.78 is 0. The van der Waals surface area contributed by atoms with E-state index in [2.05, 4.69) is 29.2 Å². The van der Waals surface area contributed by atoms with Crippen molar-refractivity contribution in [2.45, 2.75) is 18.6 Å².